The molecule has 3 atom stereocenters. The van der Waals surface area contributed by atoms with Gasteiger partial charge in [0.25, 0.3) is 0 Å². The molecule has 110 valence electrons. The molecule has 3 aliphatic rings. The molecule has 2 heterocycles. The highest BCUT2D eigenvalue weighted by Gasteiger charge is 2.42. The second kappa shape index (κ2) is 6.08. The van der Waals surface area contributed by atoms with E-state index >= 15 is 0 Å². The monoisotopic (exact) mass is 269 g/mol. The van der Waals surface area contributed by atoms with E-state index in [-0.39, 0.29) is 17.7 Å². The summed E-state index contributed by atoms with van der Waals surface area (Å²) in [7, 11) is 0. The van der Waals surface area contributed by atoms with Crippen molar-refractivity contribution in [3.05, 3.63) is 0 Å². The van der Waals surface area contributed by atoms with Crippen molar-refractivity contribution >= 4 is 0 Å². The van der Waals surface area contributed by atoms with Crippen molar-refractivity contribution in [2.45, 2.75) is 62.7 Å². The van der Waals surface area contributed by atoms with Gasteiger partial charge in [-0.2, -0.15) is 0 Å². The van der Waals surface area contributed by atoms with Gasteiger partial charge in [0.15, 0.2) is 0 Å². The van der Waals surface area contributed by atoms with Crippen LogP contribution in [0.1, 0.15) is 44.9 Å². The average molecular weight is 269 g/mol. The molecule has 1 spiro atoms. The standard InChI is InChI=1S/C15H27NO3/c16-14(13-11-17-8-9-18-13)12-4-7-19-15(10-12)5-2-1-3-6-15/h12-14H,1-11,16H2. The van der Waals surface area contributed by atoms with E-state index < -0.39 is 0 Å². The van der Waals surface area contributed by atoms with Crippen molar-refractivity contribution in [2.24, 2.45) is 11.7 Å². The Morgan fingerprint density at radius 3 is 2.63 bits per heavy atom. The first-order valence-electron chi connectivity index (χ1n) is 7.88. The highest BCUT2D eigenvalue weighted by molar-refractivity contribution is 4.94. The third-order valence-electron chi connectivity index (χ3n) is 5.11. The summed E-state index contributed by atoms with van der Waals surface area (Å²) in [6.07, 6.45) is 8.70. The molecule has 3 unspecified atom stereocenters. The molecule has 2 N–H and O–H groups in total. The molecular formula is C15H27NO3. The van der Waals surface area contributed by atoms with E-state index in [1.807, 2.05) is 0 Å². The summed E-state index contributed by atoms with van der Waals surface area (Å²) in [4.78, 5) is 0. The van der Waals surface area contributed by atoms with Crippen LogP contribution in [-0.2, 0) is 14.2 Å². The second-order valence-corrected chi connectivity index (χ2v) is 6.41. The van der Waals surface area contributed by atoms with Crippen LogP contribution in [0.4, 0.5) is 0 Å². The Bertz CT molecular complexity index is 280. The molecule has 19 heavy (non-hydrogen) atoms. The van der Waals surface area contributed by atoms with Crippen molar-refractivity contribution in [1.82, 2.24) is 0 Å². The van der Waals surface area contributed by atoms with E-state index in [2.05, 4.69) is 0 Å². The van der Waals surface area contributed by atoms with Gasteiger partial charge in [-0.05, 0) is 31.6 Å². The summed E-state index contributed by atoms with van der Waals surface area (Å²) in [6, 6.07) is 0.100. The Morgan fingerprint density at radius 1 is 1.05 bits per heavy atom. The van der Waals surface area contributed by atoms with Crippen LogP contribution in [0.2, 0.25) is 0 Å². The lowest BCUT2D eigenvalue weighted by atomic mass is 9.73. The number of hydrogen-bond donors (Lipinski definition) is 1. The molecule has 3 rings (SSSR count). The van der Waals surface area contributed by atoms with Gasteiger partial charge in [-0.25, -0.2) is 0 Å². The van der Waals surface area contributed by atoms with Crippen LogP contribution in [0.3, 0.4) is 0 Å². The van der Waals surface area contributed by atoms with Crippen LogP contribution in [0.15, 0.2) is 0 Å². The van der Waals surface area contributed by atoms with Crippen molar-refractivity contribution < 1.29 is 14.2 Å². The topological polar surface area (TPSA) is 53.7 Å². The lowest BCUT2D eigenvalue weighted by Gasteiger charge is -2.46. The Morgan fingerprint density at radius 2 is 1.89 bits per heavy atom. The van der Waals surface area contributed by atoms with Crippen LogP contribution in [0.5, 0.6) is 0 Å². The maximum Gasteiger partial charge on any atom is 0.0962 e. The minimum absolute atomic E-state index is 0.0810. The third-order valence-corrected chi connectivity index (χ3v) is 5.11. The van der Waals surface area contributed by atoms with Crippen LogP contribution >= 0.6 is 0 Å². The maximum absolute atomic E-state index is 6.45. The number of ether oxygens (including phenoxy) is 3. The van der Waals surface area contributed by atoms with Gasteiger partial charge in [0, 0.05) is 12.6 Å². The van der Waals surface area contributed by atoms with Gasteiger partial charge in [-0.15, -0.1) is 0 Å². The van der Waals surface area contributed by atoms with Gasteiger partial charge >= 0.3 is 0 Å². The zero-order valence-corrected chi connectivity index (χ0v) is 11.8. The molecule has 0 amide bonds. The minimum Gasteiger partial charge on any atom is -0.376 e. The molecule has 2 aliphatic heterocycles. The molecule has 0 aromatic carbocycles. The van der Waals surface area contributed by atoms with Crippen LogP contribution in [-0.4, -0.2) is 44.2 Å². The molecule has 0 aromatic rings. The van der Waals surface area contributed by atoms with Crippen LogP contribution in [0, 0.1) is 5.92 Å². The van der Waals surface area contributed by atoms with Gasteiger partial charge in [-0.1, -0.05) is 19.3 Å². The van der Waals surface area contributed by atoms with Crippen LogP contribution in [0.25, 0.3) is 0 Å². The predicted molar refractivity (Wildman–Crippen MR) is 73.0 cm³/mol. The number of rotatable bonds is 2. The summed E-state index contributed by atoms with van der Waals surface area (Å²) in [5, 5.41) is 0. The van der Waals surface area contributed by atoms with Gasteiger partial charge in [0.1, 0.15) is 0 Å². The molecule has 1 aliphatic carbocycles. The smallest absolute Gasteiger partial charge is 0.0962 e. The minimum atomic E-state index is 0.0810. The van der Waals surface area contributed by atoms with Crippen molar-refractivity contribution in [1.29, 1.82) is 0 Å². The Balaban J connectivity index is 1.60. The fourth-order valence-corrected chi connectivity index (χ4v) is 3.97. The molecule has 4 heteroatoms. The van der Waals surface area contributed by atoms with Crippen molar-refractivity contribution in [2.75, 3.05) is 26.4 Å². The zero-order valence-electron chi connectivity index (χ0n) is 11.8. The summed E-state index contributed by atoms with van der Waals surface area (Å²) < 4.78 is 17.4. The maximum atomic E-state index is 6.45. The Hall–Kier alpha value is -0.160. The molecule has 3 fully saturated rings. The fourth-order valence-electron chi connectivity index (χ4n) is 3.97. The first-order chi connectivity index (χ1) is 9.29. The van der Waals surface area contributed by atoms with Gasteiger partial charge < -0.3 is 19.9 Å². The molecule has 0 aromatic heterocycles. The first-order valence-corrected chi connectivity index (χ1v) is 7.88. The van der Waals surface area contributed by atoms with Gasteiger partial charge in [0.2, 0.25) is 0 Å². The molecule has 4 nitrogen and oxygen atoms in total. The Labute approximate surface area is 116 Å². The molecule has 0 radical (unpaired) electrons. The lowest BCUT2D eigenvalue weighted by Crippen LogP contribution is -2.53. The zero-order chi connectivity index (χ0) is 13.1. The Kier molecular flexibility index (Phi) is 4.42. The third kappa shape index (κ3) is 3.13. The molecular weight excluding hydrogens is 242 g/mol. The summed E-state index contributed by atoms with van der Waals surface area (Å²) in [5.41, 5.74) is 6.59. The molecule has 0 bridgehead atoms. The van der Waals surface area contributed by atoms with E-state index in [1.165, 1.54) is 32.1 Å². The number of hydrogen-bond acceptors (Lipinski definition) is 4. The largest absolute Gasteiger partial charge is 0.376 e. The second-order valence-electron chi connectivity index (χ2n) is 6.41. The van der Waals surface area contributed by atoms with Gasteiger partial charge in [-0.3, -0.25) is 0 Å². The van der Waals surface area contributed by atoms with Crippen molar-refractivity contribution in [3.8, 4) is 0 Å². The highest BCUT2D eigenvalue weighted by Crippen LogP contribution is 2.41. The molecule has 1 saturated carbocycles. The summed E-state index contributed by atoms with van der Waals surface area (Å²) in [6.45, 7) is 2.92. The predicted octanol–water partition coefficient (Wildman–Crippen LogP) is 1.86. The SMILES string of the molecule is NC(C1CCOC2(CCCCC2)C1)C1COCCO1. The lowest BCUT2D eigenvalue weighted by molar-refractivity contribution is -0.142. The van der Waals surface area contributed by atoms with E-state index in [0.29, 0.717) is 25.7 Å². The van der Waals surface area contributed by atoms with Crippen LogP contribution < -0.4 is 5.73 Å². The number of nitrogens with two attached hydrogens (primary N) is 1. The quantitative estimate of drug-likeness (QED) is 0.831. The van der Waals surface area contributed by atoms with E-state index in [0.717, 1.165) is 19.4 Å². The first kappa shape index (κ1) is 13.8. The van der Waals surface area contributed by atoms with E-state index in [1.54, 1.807) is 0 Å². The molecule has 2 saturated heterocycles. The average Bonchev–Trinajstić information content (AvgIpc) is 2.48. The summed E-state index contributed by atoms with van der Waals surface area (Å²) in [5.74, 6) is 0.526. The fraction of sp³-hybridized carbons (Fsp3) is 1.00. The van der Waals surface area contributed by atoms with E-state index in [4.69, 9.17) is 19.9 Å². The normalized spacial score (nSPS) is 37.1. The van der Waals surface area contributed by atoms with Gasteiger partial charge in [0.05, 0.1) is 31.5 Å². The van der Waals surface area contributed by atoms with E-state index in [9.17, 15) is 0 Å². The highest BCUT2D eigenvalue weighted by atomic mass is 16.6. The summed E-state index contributed by atoms with van der Waals surface area (Å²) >= 11 is 0. The van der Waals surface area contributed by atoms with Crippen molar-refractivity contribution in [3.63, 3.8) is 0 Å².